The maximum Gasteiger partial charge on any atom is 0.319 e. The Morgan fingerprint density at radius 1 is 1.12 bits per heavy atom. The zero-order valence-electron chi connectivity index (χ0n) is 13.0. The van der Waals surface area contributed by atoms with Gasteiger partial charge < -0.3 is 21.1 Å². The standard InChI is InChI=1S/C17H18ClN3O3/c1-19-16(23)11-6-8-12(9-7-11)21-17(24)20-10-15(22)13-4-2-3-5-14(13)18/h2-9,15,22H,10H2,1H3,(H,19,23)(H2,20,21,24). The minimum atomic E-state index is -0.903. The number of halogens is 1. The van der Waals surface area contributed by atoms with Crippen molar-refractivity contribution in [1.29, 1.82) is 0 Å². The molecule has 1 atom stereocenters. The predicted molar refractivity (Wildman–Crippen MR) is 93.3 cm³/mol. The van der Waals surface area contributed by atoms with E-state index >= 15 is 0 Å². The first-order chi connectivity index (χ1) is 11.5. The Hall–Kier alpha value is -2.57. The van der Waals surface area contributed by atoms with Crippen molar-refractivity contribution >= 4 is 29.2 Å². The number of carbonyl (C=O) groups excluding carboxylic acids is 2. The van der Waals surface area contributed by atoms with Crippen molar-refractivity contribution in [1.82, 2.24) is 10.6 Å². The molecule has 24 heavy (non-hydrogen) atoms. The zero-order valence-corrected chi connectivity index (χ0v) is 13.8. The highest BCUT2D eigenvalue weighted by atomic mass is 35.5. The van der Waals surface area contributed by atoms with Crippen LogP contribution in [0.3, 0.4) is 0 Å². The summed E-state index contributed by atoms with van der Waals surface area (Å²) in [7, 11) is 1.55. The lowest BCUT2D eigenvalue weighted by molar-refractivity contribution is 0.0963. The Morgan fingerprint density at radius 3 is 2.42 bits per heavy atom. The molecule has 126 valence electrons. The number of hydrogen-bond acceptors (Lipinski definition) is 3. The number of urea groups is 1. The molecule has 0 saturated carbocycles. The molecule has 7 heteroatoms. The van der Waals surface area contributed by atoms with E-state index in [9.17, 15) is 14.7 Å². The van der Waals surface area contributed by atoms with Gasteiger partial charge in [-0.3, -0.25) is 4.79 Å². The summed E-state index contributed by atoms with van der Waals surface area (Å²) in [5.74, 6) is -0.200. The van der Waals surface area contributed by atoms with Crippen LogP contribution in [-0.4, -0.2) is 30.6 Å². The second-order valence-electron chi connectivity index (χ2n) is 5.03. The monoisotopic (exact) mass is 347 g/mol. The lowest BCUT2D eigenvalue weighted by Gasteiger charge is -2.14. The van der Waals surface area contributed by atoms with Crippen molar-refractivity contribution in [2.24, 2.45) is 0 Å². The third-order valence-electron chi connectivity index (χ3n) is 3.35. The van der Waals surface area contributed by atoms with E-state index in [0.29, 0.717) is 21.8 Å². The van der Waals surface area contributed by atoms with Gasteiger partial charge in [-0.15, -0.1) is 0 Å². The van der Waals surface area contributed by atoms with E-state index in [0.717, 1.165) is 0 Å². The second kappa shape index (κ2) is 8.33. The van der Waals surface area contributed by atoms with Crippen molar-refractivity contribution in [2.45, 2.75) is 6.10 Å². The SMILES string of the molecule is CNC(=O)c1ccc(NC(=O)NCC(O)c2ccccc2Cl)cc1. The molecule has 4 N–H and O–H groups in total. The van der Waals surface area contributed by atoms with Gasteiger partial charge in [0.15, 0.2) is 0 Å². The first-order valence-corrected chi connectivity index (χ1v) is 7.68. The number of rotatable bonds is 5. The first kappa shape index (κ1) is 17.8. The van der Waals surface area contributed by atoms with Crippen LogP contribution >= 0.6 is 11.6 Å². The molecule has 2 rings (SSSR count). The molecule has 0 fully saturated rings. The van der Waals surface area contributed by atoms with Crippen molar-refractivity contribution in [3.05, 3.63) is 64.7 Å². The van der Waals surface area contributed by atoms with Gasteiger partial charge in [-0.25, -0.2) is 4.79 Å². The summed E-state index contributed by atoms with van der Waals surface area (Å²) >= 11 is 6.00. The molecule has 0 aromatic heterocycles. The van der Waals surface area contributed by atoms with E-state index in [1.807, 2.05) is 0 Å². The summed E-state index contributed by atoms with van der Waals surface area (Å²) in [5, 5.41) is 18.2. The highest BCUT2D eigenvalue weighted by Gasteiger charge is 2.12. The maximum atomic E-state index is 11.9. The van der Waals surface area contributed by atoms with Gasteiger partial charge in [0.2, 0.25) is 0 Å². The Bertz CT molecular complexity index is 719. The highest BCUT2D eigenvalue weighted by molar-refractivity contribution is 6.31. The van der Waals surface area contributed by atoms with Crippen LogP contribution in [0.5, 0.6) is 0 Å². The van der Waals surface area contributed by atoms with Crippen LogP contribution in [0.15, 0.2) is 48.5 Å². The fourth-order valence-corrected chi connectivity index (χ4v) is 2.33. The maximum absolute atomic E-state index is 11.9. The first-order valence-electron chi connectivity index (χ1n) is 7.30. The molecule has 0 aliphatic rings. The summed E-state index contributed by atoms with van der Waals surface area (Å²) in [6, 6.07) is 12.9. The Kier molecular flexibility index (Phi) is 6.17. The van der Waals surface area contributed by atoms with Crippen LogP contribution in [0, 0.1) is 0 Å². The van der Waals surface area contributed by atoms with Crippen LogP contribution in [0.25, 0.3) is 0 Å². The molecule has 2 aromatic carbocycles. The van der Waals surface area contributed by atoms with E-state index in [1.165, 1.54) is 0 Å². The van der Waals surface area contributed by atoms with Crippen LogP contribution in [0.2, 0.25) is 5.02 Å². The molecule has 0 heterocycles. The molecule has 0 radical (unpaired) electrons. The number of hydrogen-bond donors (Lipinski definition) is 4. The fraction of sp³-hybridized carbons (Fsp3) is 0.176. The van der Waals surface area contributed by atoms with Gasteiger partial charge in [0, 0.05) is 35.4 Å². The lowest BCUT2D eigenvalue weighted by Crippen LogP contribution is -2.32. The predicted octanol–water partition coefficient (Wildman–Crippen LogP) is 2.55. The van der Waals surface area contributed by atoms with Crippen molar-refractivity contribution in [2.75, 3.05) is 18.9 Å². The van der Waals surface area contributed by atoms with Crippen LogP contribution in [0.1, 0.15) is 22.0 Å². The van der Waals surface area contributed by atoms with E-state index in [1.54, 1.807) is 55.6 Å². The summed E-state index contributed by atoms with van der Waals surface area (Å²) in [5.41, 5.74) is 1.58. The Labute approximate surface area is 144 Å². The van der Waals surface area contributed by atoms with Gasteiger partial charge in [0.1, 0.15) is 0 Å². The smallest absolute Gasteiger partial charge is 0.319 e. The number of benzene rings is 2. The number of nitrogens with one attached hydrogen (secondary N) is 3. The number of amides is 3. The topological polar surface area (TPSA) is 90.5 Å². The summed E-state index contributed by atoms with van der Waals surface area (Å²) in [6.45, 7) is 0.0197. The summed E-state index contributed by atoms with van der Waals surface area (Å²) in [4.78, 5) is 23.3. The molecular formula is C17H18ClN3O3. The molecular weight excluding hydrogens is 330 g/mol. The molecule has 0 aliphatic carbocycles. The van der Waals surface area contributed by atoms with Gasteiger partial charge in [0.05, 0.1) is 6.10 Å². The molecule has 6 nitrogen and oxygen atoms in total. The van der Waals surface area contributed by atoms with Crippen LogP contribution in [0.4, 0.5) is 10.5 Å². The van der Waals surface area contributed by atoms with Gasteiger partial charge >= 0.3 is 6.03 Å². The molecule has 0 saturated heterocycles. The second-order valence-corrected chi connectivity index (χ2v) is 5.44. The minimum absolute atomic E-state index is 0.0197. The molecule has 3 amide bonds. The van der Waals surface area contributed by atoms with Gasteiger partial charge in [-0.2, -0.15) is 0 Å². The molecule has 1 unspecified atom stereocenters. The van der Waals surface area contributed by atoms with Crippen molar-refractivity contribution in [3.63, 3.8) is 0 Å². The zero-order chi connectivity index (χ0) is 17.5. The third kappa shape index (κ3) is 4.71. The number of carbonyl (C=O) groups is 2. The molecule has 0 spiro atoms. The Balaban J connectivity index is 1.87. The summed E-state index contributed by atoms with van der Waals surface area (Å²) in [6.07, 6.45) is -0.903. The normalized spacial score (nSPS) is 11.5. The van der Waals surface area contributed by atoms with E-state index < -0.39 is 12.1 Å². The fourth-order valence-electron chi connectivity index (χ4n) is 2.07. The summed E-state index contributed by atoms with van der Waals surface area (Å²) < 4.78 is 0. The quantitative estimate of drug-likeness (QED) is 0.670. The highest BCUT2D eigenvalue weighted by Crippen LogP contribution is 2.21. The van der Waals surface area contributed by atoms with Gasteiger partial charge in [-0.05, 0) is 30.3 Å². The molecule has 0 bridgehead atoms. The number of aliphatic hydroxyl groups is 1. The van der Waals surface area contributed by atoms with Crippen molar-refractivity contribution < 1.29 is 14.7 Å². The lowest BCUT2D eigenvalue weighted by atomic mass is 10.1. The van der Waals surface area contributed by atoms with Crippen LogP contribution in [-0.2, 0) is 0 Å². The van der Waals surface area contributed by atoms with Gasteiger partial charge in [-0.1, -0.05) is 29.8 Å². The van der Waals surface area contributed by atoms with E-state index in [2.05, 4.69) is 16.0 Å². The minimum Gasteiger partial charge on any atom is -0.387 e. The number of anilines is 1. The molecule has 0 aliphatic heterocycles. The third-order valence-corrected chi connectivity index (χ3v) is 3.70. The van der Waals surface area contributed by atoms with E-state index in [-0.39, 0.29) is 12.5 Å². The van der Waals surface area contributed by atoms with Gasteiger partial charge in [0.25, 0.3) is 5.91 Å². The average Bonchev–Trinajstić information content (AvgIpc) is 2.60. The van der Waals surface area contributed by atoms with E-state index in [4.69, 9.17) is 11.6 Å². The Morgan fingerprint density at radius 2 is 1.79 bits per heavy atom. The average molecular weight is 348 g/mol. The molecule has 2 aromatic rings. The number of aliphatic hydroxyl groups excluding tert-OH is 1. The van der Waals surface area contributed by atoms with Crippen molar-refractivity contribution in [3.8, 4) is 0 Å². The largest absolute Gasteiger partial charge is 0.387 e. The van der Waals surface area contributed by atoms with Crippen LogP contribution < -0.4 is 16.0 Å².